The van der Waals surface area contributed by atoms with E-state index >= 15 is 0 Å². The molecule has 1 N–H and O–H groups in total. The Kier molecular flexibility index (Phi) is 3.43. The monoisotopic (exact) mass is 178 g/mol. The second-order valence-electron chi connectivity index (χ2n) is 3.78. The lowest BCUT2D eigenvalue weighted by atomic mass is 10.1. The van der Waals surface area contributed by atoms with Crippen molar-refractivity contribution in [3.05, 3.63) is 29.1 Å². The maximum absolute atomic E-state index is 4.18. The third kappa shape index (κ3) is 2.81. The van der Waals surface area contributed by atoms with Crippen LogP contribution in [0.5, 0.6) is 0 Å². The Balaban J connectivity index is 2.71. The van der Waals surface area contributed by atoms with Crippen molar-refractivity contribution >= 4 is 0 Å². The molecule has 0 aliphatic heterocycles. The molecule has 72 valence electrons. The quantitative estimate of drug-likeness (QED) is 0.767. The fraction of sp³-hybridized carbons (Fsp3) is 0.545. The minimum Gasteiger partial charge on any atom is -0.310 e. The molecule has 0 saturated heterocycles. The number of nitrogens with one attached hydrogen (secondary N) is 1. The first-order chi connectivity index (χ1) is 6.11. The second kappa shape index (κ2) is 4.38. The molecule has 0 spiro atoms. The minimum atomic E-state index is 0.528. The zero-order valence-electron chi connectivity index (χ0n) is 8.89. The largest absolute Gasteiger partial charge is 0.310 e. The van der Waals surface area contributed by atoms with Crippen molar-refractivity contribution in [2.24, 2.45) is 0 Å². The zero-order valence-corrected chi connectivity index (χ0v) is 8.89. The molecular formula is C11H18N2. The summed E-state index contributed by atoms with van der Waals surface area (Å²) in [6, 6.07) is 0.528. The predicted octanol–water partition coefficient (Wildman–Crippen LogP) is 2.20. The number of pyridine rings is 1. The van der Waals surface area contributed by atoms with E-state index in [9.17, 15) is 0 Å². The van der Waals surface area contributed by atoms with E-state index in [2.05, 4.69) is 38.0 Å². The third-order valence-corrected chi connectivity index (χ3v) is 2.27. The van der Waals surface area contributed by atoms with Crippen molar-refractivity contribution in [2.45, 2.75) is 40.3 Å². The molecule has 2 heteroatoms. The topological polar surface area (TPSA) is 24.9 Å². The standard InChI is InChI=1S/C11H18N2/c1-8(2)13-7-11-6-12-5-9(3)10(11)4/h5-6,8,13H,7H2,1-4H3. The van der Waals surface area contributed by atoms with E-state index < -0.39 is 0 Å². The summed E-state index contributed by atoms with van der Waals surface area (Å²) in [4.78, 5) is 4.18. The third-order valence-electron chi connectivity index (χ3n) is 2.27. The van der Waals surface area contributed by atoms with Crippen LogP contribution < -0.4 is 5.32 Å². The summed E-state index contributed by atoms with van der Waals surface area (Å²) in [7, 11) is 0. The minimum absolute atomic E-state index is 0.528. The molecule has 13 heavy (non-hydrogen) atoms. The van der Waals surface area contributed by atoms with Gasteiger partial charge in [-0.05, 0) is 30.5 Å². The summed E-state index contributed by atoms with van der Waals surface area (Å²) in [5.74, 6) is 0. The molecular weight excluding hydrogens is 160 g/mol. The highest BCUT2D eigenvalue weighted by molar-refractivity contribution is 5.29. The summed E-state index contributed by atoms with van der Waals surface area (Å²) in [6.07, 6.45) is 3.85. The Hall–Kier alpha value is -0.890. The molecule has 0 radical (unpaired) electrons. The van der Waals surface area contributed by atoms with Gasteiger partial charge in [-0.2, -0.15) is 0 Å². The molecule has 0 aliphatic carbocycles. The Morgan fingerprint density at radius 1 is 1.31 bits per heavy atom. The first kappa shape index (κ1) is 10.2. The van der Waals surface area contributed by atoms with Crippen molar-refractivity contribution in [3.8, 4) is 0 Å². The van der Waals surface area contributed by atoms with Crippen molar-refractivity contribution < 1.29 is 0 Å². The van der Waals surface area contributed by atoms with Crippen molar-refractivity contribution in [3.63, 3.8) is 0 Å². The van der Waals surface area contributed by atoms with Crippen LogP contribution >= 0.6 is 0 Å². The number of hydrogen-bond acceptors (Lipinski definition) is 2. The lowest BCUT2D eigenvalue weighted by molar-refractivity contribution is 0.586. The molecule has 1 heterocycles. The van der Waals surface area contributed by atoms with Crippen LogP contribution in [-0.2, 0) is 6.54 Å². The SMILES string of the molecule is Cc1cncc(CNC(C)C)c1C. The van der Waals surface area contributed by atoms with Gasteiger partial charge in [-0.25, -0.2) is 0 Å². The molecule has 0 fully saturated rings. The van der Waals surface area contributed by atoms with Crippen molar-refractivity contribution in [2.75, 3.05) is 0 Å². The molecule has 0 atom stereocenters. The number of hydrogen-bond donors (Lipinski definition) is 1. The van der Waals surface area contributed by atoms with E-state index in [-0.39, 0.29) is 0 Å². The van der Waals surface area contributed by atoms with Crippen LogP contribution in [0.15, 0.2) is 12.4 Å². The molecule has 0 amide bonds. The predicted molar refractivity (Wildman–Crippen MR) is 55.7 cm³/mol. The molecule has 0 aromatic carbocycles. The lowest BCUT2D eigenvalue weighted by Gasteiger charge is -2.11. The van der Waals surface area contributed by atoms with Gasteiger partial charge < -0.3 is 5.32 Å². The number of aryl methyl sites for hydroxylation is 1. The number of aromatic nitrogens is 1. The van der Waals surface area contributed by atoms with Gasteiger partial charge in [0.25, 0.3) is 0 Å². The first-order valence-corrected chi connectivity index (χ1v) is 4.74. The highest BCUT2D eigenvalue weighted by Crippen LogP contribution is 2.10. The molecule has 1 rings (SSSR count). The molecule has 0 bridgehead atoms. The van der Waals surface area contributed by atoms with Gasteiger partial charge in [0.15, 0.2) is 0 Å². The van der Waals surface area contributed by atoms with E-state index in [0.29, 0.717) is 6.04 Å². The summed E-state index contributed by atoms with van der Waals surface area (Å²) in [6.45, 7) is 9.46. The zero-order chi connectivity index (χ0) is 9.84. The van der Waals surface area contributed by atoms with Gasteiger partial charge in [-0.3, -0.25) is 4.98 Å². The Bertz CT molecular complexity index is 279. The van der Waals surface area contributed by atoms with Gasteiger partial charge >= 0.3 is 0 Å². The molecule has 0 saturated carbocycles. The van der Waals surface area contributed by atoms with Crippen molar-refractivity contribution in [1.29, 1.82) is 0 Å². The van der Waals surface area contributed by atoms with Crippen LogP contribution in [0.3, 0.4) is 0 Å². The fourth-order valence-electron chi connectivity index (χ4n) is 1.18. The normalized spacial score (nSPS) is 10.8. The Morgan fingerprint density at radius 3 is 2.62 bits per heavy atom. The lowest BCUT2D eigenvalue weighted by Crippen LogP contribution is -2.22. The molecule has 2 nitrogen and oxygen atoms in total. The molecule has 1 aromatic rings. The Labute approximate surface area is 80.4 Å². The molecule has 0 aliphatic rings. The summed E-state index contributed by atoms with van der Waals surface area (Å²) < 4.78 is 0. The van der Waals surface area contributed by atoms with E-state index in [4.69, 9.17) is 0 Å². The van der Waals surface area contributed by atoms with Crippen LogP contribution in [0, 0.1) is 13.8 Å². The van der Waals surface area contributed by atoms with Gasteiger partial charge in [0.1, 0.15) is 0 Å². The van der Waals surface area contributed by atoms with Gasteiger partial charge in [0.05, 0.1) is 0 Å². The van der Waals surface area contributed by atoms with Gasteiger partial charge in [0, 0.05) is 25.0 Å². The highest BCUT2D eigenvalue weighted by Gasteiger charge is 2.01. The number of rotatable bonds is 3. The number of nitrogens with zero attached hydrogens (tertiary/aromatic N) is 1. The Morgan fingerprint density at radius 2 is 2.00 bits per heavy atom. The van der Waals surface area contributed by atoms with E-state index in [1.54, 1.807) is 0 Å². The smallest absolute Gasteiger partial charge is 0.0315 e. The highest BCUT2D eigenvalue weighted by atomic mass is 14.9. The first-order valence-electron chi connectivity index (χ1n) is 4.74. The van der Waals surface area contributed by atoms with Crippen LogP contribution in [0.4, 0.5) is 0 Å². The summed E-state index contributed by atoms with van der Waals surface area (Å²) in [5.41, 5.74) is 3.92. The fourth-order valence-corrected chi connectivity index (χ4v) is 1.18. The maximum Gasteiger partial charge on any atom is 0.0315 e. The maximum atomic E-state index is 4.18. The second-order valence-corrected chi connectivity index (χ2v) is 3.78. The van der Waals surface area contributed by atoms with Crippen molar-refractivity contribution in [1.82, 2.24) is 10.3 Å². The van der Waals surface area contributed by atoms with Crippen LogP contribution in [-0.4, -0.2) is 11.0 Å². The summed E-state index contributed by atoms with van der Waals surface area (Å²) in [5, 5.41) is 3.39. The summed E-state index contributed by atoms with van der Waals surface area (Å²) >= 11 is 0. The molecule has 1 aromatic heterocycles. The van der Waals surface area contributed by atoms with E-state index in [1.165, 1.54) is 16.7 Å². The van der Waals surface area contributed by atoms with E-state index in [1.807, 2.05) is 12.4 Å². The average Bonchev–Trinajstić information content (AvgIpc) is 2.07. The van der Waals surface area contributed by atoms with Gasteiger partial charge in [-0.1, -0.05) is 13.8 Å². The van der Waals surface area contributed by atoms with Crippen LogP contribution in [0.1, 0.15) is 30.5 Å². The average molecular weight is 178 g/mol. The van der Waals surface area contributed by atoms with Crippen LogP contribution in [0.2, 0.25) is 0 Å². The van der Waals surface area contributed by atoms with Crippen LogP contribution in [0.25, 0.3) is 0 Å². The van der Waals surface area contributed by atoms with Gasteiger partial charge in [-0.15, -0.1) is 0 Å². The molecule has 0 unspecified atom stereocenters. The van der Waals surface area contributed by atoms with Gasteiger partial charge in [0.2, 0.25) is 0 Å². The van der Waals surface area contributed by atoms with E-state index in [0.717, 1.165) is 6.54 Å².